The smallest absolute Gasteiger partial charge is 0.241 e. The first-order chi connectivity index (χ1) is 11.6. The zero-order valence-corrected chi connectivity index (χ0v) is 14.1. The summed E-state index contributed by atoms with van der Waals surface area (Å²) in [4.78, 5) is 25.4. The van der Waals surface area contributed by atoms with Crippen molar-refractivity contribution >= 4 is 17.5 Å². The third-order valence-electron chi connectivity index (χ3n) is 4.36. The molecule has 1 aromatic heterocycles. The van der Waals surface area contributed by atoms with Gasteiger partial charge in [0.15, 0.2) is 0 Å². The lowest BCUT2D eigenvalue weighted by Crippen LogP contribution is -2.53. The van der Waals surface area contributed by atoms with E-state index in [4.69, 9.17) is 0 Å². The lowest BCUT2D eigenvalue weighted by atomic mass is 10.2. The lowest BCUT2D eigenvalue weighted by molar-refractivity contribution is -0.120. The Morgan fingerprint density at radius 2 is 1.83 bits per heavy atom. The largest absolute Gasteiger partial charge is 0.338 e. The van der Waals surface area contributed by atoms with E-state index in [1.54, 1.807) is 12.4 Å². The molecule has 0 saturated carbocycles. The summed E-state index contributed by atoms with van der Waals surface area (Å²) in [5.41, 5.74) is 1.99. The van der Waals surface area contributed by atoms with Crippen LogP contribution < -0.4 is 10.2 Å². The first kappa shape index (κ1) is 16.4. The second-order valence-electron chi connectivity index (χ2n) is 6.11. The normalized spacial score (nSPS) is 16.7. The second kappa shape index (κ2) is 7.40. The molecule has 0 unspecified atom stereocenters. The topological polar surface area (TPSA) is 61.4 Å². The Bertz CT molecular complexity index is 683. The van der Waals surface area contributed by atoms with Crippen LogP contribution in [0.15, 0.2) is 42.7 Å². The van der Waals surface area contributed by atoms with Crippen LogP contribution >= 0.6 is 0 Å². The molecule has 1 aliphatic rings. The number of nitrogens with one attached hydrogen (secondary N) is 1. The number of carbonyl (C=O) groups is 1. The first-order valence-corrected chi connectivity index (χ1v) is 8.27. The number of rotatable bonds is 4. The number of nitrogens with zero attached hydrogens (tertiary/aromatic N) is 4. The van der Waals surface area contributed by atoms with Crippen molar-refractivity contribution in [3.05, 3.63) is 48.3 Å². The molecule has 1 aromatic carbocycles. The molecule has 1 aliphatic heterocycles. The van der Waals surface area contributed by atoms with Crippen LogP contribution in [-0.4, -0.2) is 53.0 Å². The Labute approximate surface area is 142 Å². The molecule has 6 nitrogen and oxygen atoms in total. The minimum absolute atomic E-state index is 0.0324. The predicted octanol–water partition coefficient (Wildman–Crippen LogP) is 1.93. The van der Waals surface area contributed by atoms with Crippen LogP contribution in [0.5, 0.6) is 0 Å². The standard InChI is InChI=1S/C18H23N5O/c1-14-5-3-6-16(13-14)21-17(24)15(2)22-9-11-23(12-10-22)18-19-7-4-8-20-18/h3-8,13,15H,9-12H2,1-2H3,(H,21,24)/t15-/m0/s1. The Hall–Kier alpha value is -2.47. The van der Waals surface area contributed by atoms with Gasteiger partial charge in [0, 0.05) is 44.3 Å². The van der Waals surface area contributed by atoms with Crippen molar-refractivity contribution in [2.24, 2.45) is 0 Å². The molecule has 0 aliphatic carbocycles. The van der Waals surface area contributed by atoms with Gasteiger partial charge in [-0.15, -0.1) is 0 Å². The van der Waals surface area contributed by atoms with E-state index in [9.17, 15) is 4.79 Å². The highest BCUT2D eigenvalue weighted by Gasteiger charge is 2.26. The molecule has 1 saturated heterocycles. The van der Waals surface area contributed by atoms with Gasteiger partial charge in [-0.3, -0.25) is 9.69 Å². The minimum atomic E-state index is -0.163. The average Bonchev–Trinajstić information content (AvgIpc) is 2.62. The van der Waals surface area contributed by atoms with Crippen LogP contribution in [0.2, 0.25) is 0 Å². The zero-order chi connectivity index (χ0) is 16.9. The van der Waals surface area contributed by atoms with Gasteiger partial charge in [-0.05, 0) is 37.6 Å². The Morgan fingerprint density at radius 3 is 2.50 bits per heavy atom. The molecule has 6 heteroatoms. The summed E-state index contributed by atoms with van der Waals surface area (Å²) in [6.07, 6.45) is 3.51. The maximum atomic E-state index is 12.5. The molecule has 126 valence electrons. The van der Waals surface area contributed by atoms with E-state index in [1.807, 2.05) is 44.2 Å². The van der Waals surface area contributed by atoms with E-state index < -0.39 is 0 Å². The van der Waals surface area contributed by atoms with Gasteiger partial charge in [-0.25, -0.2) is 9.97 Å². The SMILES string of the molecule is Cc1cccc(NC(=O)[C@H](C)N2CCN(c3ncccn3)CC2)c1. The van der Waals surface area contributed by atoms with Crippen molar-refractivity contribution in [2.75, 3.05) is 36.4 Å². The highest BCUT2D eigenvalue weighted by molar-refractivity contribution is 5.94. The van der Waals surface area contributed by atoms with E-state index >= 15 is 0 Å². The van der Waals surface area contributed by atoms with Crippen molar-refractivity contribution in [2.45, 2.75) is 19.9 Å². The number of amides is 1. The first-order valence-electron chi connectivity index (χ1n) is 8.27. The number of piperazine rings is 1. The number of aromatic nitrogens is 2. The molecule has 0 bridgehead atoms. The summed E-state index contributed by atoms with van der Waals surface area (Å²) >= 11 is 0. The van der Waals surface area contributed by atoms with Crippen molar-refractivity contribution in [3.63, 3.8) is 0 Å². The molecule has 0 radical (unpaired) electrons. The number of hydrogen-bond donors (Lipinski definition) is 1. The highest BCUT2D eigenvalue weighted by atomic mass is 16.2. The molecule has 24 heavy (non-hydrogen) atoms. The molecule has 2 aromatic rings. The van der Waals surface area contributed by atoms with Crippen LogP contribution in [0.1, 0.15) is 12.5 Å². The third kappa shape index (κ3) is 3.89. The van der Waals surface area contributed by atoms with Crippen molar-refractivity contribution in [1.82, 2.24) is 14.9 Å². The van der Waals surface area contributed by atoms with E-state index in [1.165, 1.54) is 0 Å². The molecular weight excluding hydrogens is 302 g/mol. The molecule has 0 spiro atoms. The van der Waals surface area contributed by atoms with E-state index in [0.29, 0.717) is 0 Å². The van der Waals surface area contributed by atoms with Crippen LogP contribution in [0, 0.1) is 6.92 Å². The van der Waals surface area contributed by atoms with E-state index in [-0.39, 0.29) is 11.9 Å². The fourth-order valence-corrected chi connectivity index (χ4v) is 2.90. The highest BCUT2D eigenvalue weighted by Crippen LogP contribution is 2.14. The summed E-state index contributed by atoms with van der Waals surface area (Å²) in [7, 11) is 0. The maximum Gasteiger partial charge on any atom is 0.241 e. The maximum absolute atomic E-state index is 12.5. The summed E-state index contributed by atoms with van der Waals surface area (Å²) in [6.45, 7) is 7.27. The molecule has 3 rings (SSSR count). The van der Waals surface area contributed by atoms with Crippen molar-refractivity contribution in [3.8, 4) is 0 Å². The summed E-state index contributed by atoms with van der Waals surface area (Å²) in [5, 5.41) is 3.00. The molecule has 1 atom stereocenters. The van der Waals surface area contributed by atoms with Gasteiger partial charge in [0.25, 0.3) is 0 Å². The summed E-state index contributed by atoms with van der Waals surface area (Å²) in [6, 6.07) is 9.53. The molecule has 2 heterocycles. The monoisotopic (exact) mass is 325 g/mol. The van der Waals surface area contributed by atoms with E-state index in [0.717, 1.165) is 43.4 Å². The Balaban J connectivity index is 1.55. The van der Waals surface area contributed by atoms with Gasteiger partial charge in [0.2, 0.25) is 11.9 Å². The number of aryl methyl sites for hydroxylation is 1. The predicted molar refractivity (Wildman–Crippen MR) is 95.1 cm³/mol. The number of hydrogen-bond acceptors (Lipinski definition) is 5. The number of anilines is 2. The lowest BCUT2D eigenvalue weighted by Gasteiger charge is -2.37. The van der Waals surface area contributed by atoms with Gasteiger partial charge in [-0.1, -0.05) is 12.1 Å². The number of carbonyl (C=O) groups excluding carboxylic acids is 1. The average molecular weight is 325 g/mol. The van der Waals surface area contributed by atoms with Crippen molar-refractivity contribution < 1.29 is 4.79 Å². The minimum Gasteiger partial charge on any atom is -0.338 e. The van der Waals surface area contributed by atoms with Crippen LogP contribution in [-0.2, 0) is 4.79 Å². The molecule has 1 N–H and O–H groups in total. The van der Waals surface area contributed by atoms with Gasteiger partial charge in [0.05, 0.1) is 6.04 Å². The van der Waals surface area contributed by atoms with E-state index in [2.05, 4.69) is 25.1 Å². The summed E-state index contributed by atoms with van der Waals surface area (Å²) in [5.74, 6) is 0.791. The number of benzene rings is 1. The molecule has 1 amide bonds. The van der Waals surface area contributed by atoms with Gasteiger partial charge in [-0.2, -0.15) is 0 Å². The second-order valence-corrected chi connectivity index (χ2v) is 6.11. The molecule has 1 fully saturated rings. The Kier molecular flexibility index (Phi) is 5.05. The quantitative estimate of drug-likeness (QED) is 0.931. The zero-order valence-electron chi connectivity index (χ0n) is 14.1. The van der Waals surface area contributed by atoms with Gasteiger partial charge in [0.1, 0.15) is 0 Å². The van der Waals surface area contributed by atoms with Crippen LogP contribution in [0.4, 0.5) is 11.6 Å². The summed E-state index contributed by atoms with van der Waals surface area (Å²) < 4.78 is 0. The van der Waals surface area contributed by atoms with Crippen LogP contribution in [0.25, 0.3) is 0 Å². The molecular formula is C18H23N5O. The third-order valence-corrected chi connectivity index (χ3v) is 4.36. The van der Waals surface area contributed by atoms with Gasteiger partial charge >= 0.3 is 0 Å². The van der Waals surface area contributed by atoms with Crippen molar-refractivity contribution in [1.29, 1.82) is 0 Å². The fraction of sp³-hybridized carbons (Fsp3) is 0.389. The fourth-order valence-electron chi connectivity index (χ4n) is 2.90. The Morgan fingerprint density at radius 1 is 1.12 bits per heavy atom. The van der Waals surface area contributed by atoms with Gasteiger partial charge < -0.3 is 10.2 Å². The van der Waals surface area contributed by atoms with Crippen LogP contribution in [0.3, 0.4) is 0 Å².